The number of nitrogens with zero attached hydrogens (tertiary/aromatic N) is 4. The molecular formula is C53H34N4. The minimum atomic E-state index is 0.630. The van der Waals surface area contributed by atoms with Gasteiger partial charge in [-0.1, -0.05) is 164 Å². The van der Waals surface area contributed by atoms with Gasteiger partial charge in [-0.25, -0.2) is 15.0 Å². The lowest BCUT2D eigenvalue weighted by atomic mass is 9.92. The summed E-state index contributed by atoms with van der Waals surface area (Å²) in [6.07, 6.45) is 0. The van der Waals surface area contributed by atoms with E-state index in [1.165, 1.54) is 21.8 Å². The second-order valence-corrected chi connectivity index (χ2v) is 14.4. The molecule has 0 aliphatic heterocycles. The van der Waals surface area contributed by atoms with E-state index >= 15 is 0 Å². The van der Waals surface area contributed by atoms with Crippen molar-refractivity contribution in [2.45, 2.75) is 0 Å². The lowest BCUT2D eigenvalue weighted by Crippen LogP contribution is -1.99. The molecule has 11 rings (SSSR count). The largest absolute Gasteiger partial charge is 0.309 e. The Kier molecular flexibility index (Phi) is 7.78. The Bertz CT molecular complexity index is 3210. The summed E-state index contributed by atoms with van der Waals surface area (Å²) in [6.45, 7) is 0. The molecule has 0 bridgehead atoms. The van der Waals surface area contributed by atoms with E-state index in [2.05, 4.69) is 199 Å². The molecule has 266 valence electrons. The maximum absolute atomic E-state index is 5.47. The Hall–Kier alpha value is -7.69. The third-order valence-corrected chi connectivity index (χ3v) is 11.0. The molecule has 0 radical (unpaired) electrons. The number of aromatic nitrogens is 4. The Morgan fingerprint density at radius 3 is 1.40 bits per heavy atom. The molecule has 57 heavy (non-hydrogen) atoms. The van der Waals surface area contributed by atoms with Crippen molar-refractivity contribution >= 4 is 43.5 Å². The highest BCUT2D eigenvalue weighted by atomic mass is 15.0. The minimum Gasteiger partial charge on any atom is -0.309 e. The van der Waals surface area contributed by atoms with Gasteiger partial charge < -0.3 is 4.57 Å². The van der Waals surface area contributed by atoms with Crippen molar-refractivity contribution in [3.63, 3.8) is 0 Å². The molecule has 0 atom stereocenters. The second kappa shape index (κ2) is 13.6. The van der Waals surface area contributed by atoms with Crippen molar-refractivity contribution in [2.24, 2.45) is 0 Å². The van der Waals surface area contributed by atoms with Gasteiger partial charge in [0.25, 0.3) is 0 Å². The monoisotopic (exact) mass is 726 g/mol. The van der Waals surface area contributed by atoms with Crippen LogP contribution in [0.4, 0.5) is 0 Å². The summed E-state index contributed by atoms with van der Waals surface area (Å²) in [4.78, 5) is 16.2. The zero-order valence-electron chi connectivity index (χ0n) is 30.9. The molecule has 0 unspecified atom stereocenters. The fraction of sp³-hybridized carbons (Fsp3) is 0. The second-order valence-electron chi connectivity index (χ2n) is 14.4. The summed E-state index contributed by atoms with van der Waals surface area (Å²) < 4.78 is 2.34. The lowest BCUT2D eigenvalue weighted by Gasteiger charge is -2.17. The zero-order valence-corrected chi connectivity index (χ0v) is 30.9. The van der Waals surface area contributed by atoms with Gasteiger partial charge in [0, 0.05) is 44.1 Å². The maximum atomic E-state index is 5.47. The van der Waals surface area contributed by atoms with Crippen LogP contribution in [-0.2, 0) is 0 Å². The van der Waals surface area contributed by atoms with Gasteiger partial charge in [-0.3, -0.25) is 0 Å². The van der Waals surface area contributed by atoms with Crippen LogP contribution in [0.2, 0.25) is 0 Å². The number of pyridine rings is 1. The molecule has 0 spiro atoms. The van der Waals surface area contributed by atoms with E-state index in [1.807, 2.05) is 12.1 Å². The smallest absolute Gasteiger partial charge is 0.162 e. The Balaban J connectivity index is 1.15. The molecule has 0 amide bonds. The van der Waals surface area contributed by atoms with Gasteiger partial charge in [0.15, 0.2) is 5.82 Å². The van der Waals surface area contributed by atoms with Crippen LogP contribution in [0.25, 0.3) is 105 Å². The summed E-state index contributed by atoms with van der Waals surface area (Å²) in [5, 5.41) is 5.82. The lowest BCUT2D eigenvalue weighted by molar-refractivity contribution is 1.17. The standard InChI is InChI=1S/C53H34N4/c1-4-16-35(17-5-1)44-33-46(36-18-6-2-7-19-36)54-52-45(32-39-22-10-11-23-41(39)51(44)52)53-55-47(37-20-8-3-9-21-37)34-48(56-53)38-28-30-40(31-29-38)57-49-26-14-12-24-42(49)43-25-13-15-27-50(43)57/h1-34H. The van der Waals surface area contributed by atoms with Crippen LogP contribution < -0.4 is 0 Å². The van der Waals surface area contributed by atoms with E-state index in [0.717, 1.165) is 77.8 Å². The molecular weight excluding hydrogens is 693 g/mol. The number of para-hydroxylation sites is 2. The van der Waals surface area contributed by atoms with Crippen molar-refractivity contribution in [1.29, 1.82) is 0 Å². The molecule has 3 aromatic heterocycles. The third-order valence-electron chi connectivity index (χ3n) is 11.0. The quantitative estimate of drug-likeness (QED) is 0.160. The van der Waals surface area contributed by atoms with Gasteiger partial charge in [0.05, 0.1) is 33.6 Å². The summed E-state index contributed by atoms with van der Waals surface area (Å²) in [5.74, 6) is 0.630. The SMILES string of the molecule is c1ccc(-c2cc(-c3ccc(-n4c5ccccc5c5ccccc54)cc3)nc(-c3cc4ccccc4c4c(-c5ccccc5)cc(-c5ccccc5)nc34)n2)cc1. The van der Waals surface area contributed by atoms with E-state index in [0.29, 0.717) is 5.82 Å². The molecule has 3 heterocycles. The van der Waals surface area contributed by atoms with Crippen molar-refractivity contribution in [1.82, 2.24) is 19.5 Å². The maximum Gasteiger partial charge on any atom is 0.162 e. The molecule has 4 nitrogen and oxygen atoms in total. The highest BCUT2D eigenvalue weighted by Crippen LogP contribution is 2.42. The number of fused-ring (bicyclic) bond motifs is 6. The van der Waals surface area contributed by atoms with Crippen LogP contribution in [0.15, 0.2) is 206 Å². The van der Waals surface area contributed by atoms with Gasteiger partial charge in [-0.2, -0.15) is 0 Å². The van der Waals surface area contributed by atoms with Crippen molar-refractivity contribution in [3.05, 3.63) is 206 Å². The highest BCUT2D eigenvalue weighted by molar-refractivity contribution is 6.18. The Labute approximate surface area is 330 Å². The van der Waals surface area contributed by atoms with Crippen LogP contribution in [0.5, 0.6) is 0 Å². The normalized spacial score (nSPS) is 11.5. The molecule has 0 fully saturated rings. The van der Waals surface area contributed by atoms with Crippen molar-refractivity contribution in [3.8, 4) is 62.0 Å². The predicted octanol–water partition coefficient (Wildman–Crippen LogP) is 13.6. The van der Waals surface area contributed by atoms with Gasteiger partial charge in [-0.15, -0.1) is 0 Å². The molecule has 0 saturated heterocycles. The molecule has 4 heteroatoms. The van der Waals surface area contributed by atoms with Crippen molar-refractivity contribution in [2.75, 3.05) is 0 Å². The van der Waals surface area contributed by atoms with Gasteiger partial charge in [0.2, 0.25) is 0 Å². The number of benzene rings is 8. The predicted molar refractivity (Wildman–Crippen MR) is 236 cm³/mol. The van der Waals surface area contributed by atoms with Crippen LogP contribution in [0.3, 0.4) is 0 Å². The molecule has 0 saturated carbocycles. The molecule has 8 aromatic carbocycles. The average Bonchev–Trinajstić information content (AvgIpc) is 3.63. The van der Waals surface area contributed by atoms with E-state index in [4.69, 9.17) is 15.0 Å². The first kappa shape index (κ1) is 32.7. The number of hydrogen-bond acceptors (Lipinski definition) is 3. The number of hydrogen-bond donors (Lipinski definition) is 0. The third kappa shape index (κ3) is 5.66. The minimum absolute atomic E-state index is 0.630. The van der Waals surface area contributed by atoms with E-state index in [9.17, 15) is 0 Å². The highest BCUT2D eigenvalue weighted by Gasteiger charge is 2.20. The van der Waals surface area contributed by atoms with E-state index in [-0.39, 0.29) is 0 Å². The molecule has 0 aliphatic rings. The van der Waals surface area contributed by atoms with Crippen LogP contribution in [-0.4, -0.2) is 19.5 Å². The summed E-state index contributed by atoms with van der Waals surface area (Å²) >= 11 is 0. The van der Waals surface area contributed by atoms with Gasteiger partial charge in [-0.05, 0) is 64.4 Å². The first-order valence-electron chi connectivity index (χ1n) is 19.3. The van der Waals surface area contributed by atoms with E-state index < -0.39 is 0 Å². The first-order valence-corrected chi connectivity index (χ1v) is 19.3. The summed E-state index contributed by atoms with van der Waals surface area (Å²) in [6, 6.07) is 72.5. The van der Waals surface area contributed by atoms with Crippen molar-refractivity contribution < 1.29 is 0 Å². The molecule has 0 aliphatic carbocycles. The van der Waals surface area contributed by atoms with E-state index in [1.54, 1.807) is 0 Å². The topological polar surface area (TPSA) is 43.6 Å². The van der Waals surface area contributed by atoms with Crippen LogP contribution in [0, 0.1) is 0 Å². The molecule has 0 N–H and O–H groups in total. The average molecular weight is 727 g/mol. The Morgan fingerprint density at radius 2 is 0.807 bits per heavy atom. The van der Waals surface area contributed by atoms with Gasteiger partial charge in [0.1, 0.15) is 0 Å². The zero-order chi connectivity index (χ0) is 37.7. The fourth-order valence-electron chi connectivity index (χ4n) is 8.31. The summed E-state index contributed by atoms with van der Waals surface area (Å²) in [5.41, 5.74) is 13.2. The Morgan fingerprint density at radius 1 is 0.333 bits per heavy atom. The van der Waals surface area contributed by atoms with Crippen LogP contribution >= 0.6 is 0 Å². The molecule has 11 aromatic rings. The van der Waals surface area contributed by atoms with Crippen LogP contribution in [0.1, 0.15) is 0 Å². The summed E-state index contributed by atoms with van der Waals surface area (Å²) in [7, 11) is 0. The first-order chi connectivity index (χ1) is 28.3. The fourth-order valence-corrected chi connectivity index (χ4v) is 8.31. The number of rotatable bonds is 6. The van der Waals surface area contributed by atoms with Gasteiger partial charge >= 0.3 is 0 Å².